The molecule has 0 radical (unpaired) electrons. The van der Waals surface area contributed by atoms with E-state index in [4.69, 9.17) is 15.4 Å². The van der Waals surface area contributed by atoms with Gasteiger partial charge in [0.15, 0.2) is 6.33 Å². The van der Waals surface area contributed by atoms with Crippen LogP contribution in [0.25, 0.3) is 11.2 Å². The Labute approximate surface area is 189 Å². The van der Waals surface area contributed by atoms with Crippen LogP contribution in [0, 0.1) is 12.1 Å². The van der Waals surface area contributed by atoms with E-state index >= 15 is 0 Å². The van der Waals surface area contributed by atoms with E-state index in [2.05, 4.69) is 29.5 Å². The molecule has 1 aliphatic heterocycles. The summed E-state index contributed by atoms with van der Waals surface area (Å²) in [5.41, 5.74) is 6.15. The molecule has 21 heteroatoms. The molecule has 0 amide bonds. The number of fused-ring (bicyclic) bond motifs is 1. The number of aliphatic hydroxyl groups is 2. The minimum Gasteiger partial charge on any atom is -0.387 e. The standard InChI is InChI=1S/C13H18N5O13P3/c1-3-32(22,23)30-34(26,27)31-33(24,25)28-4-6-8(19)9(20)12(29-6)18-5-17(2)7-10(18)15-13(14)16-11(7)21/h1,5-6,8-9,12,19-20H,4H2,2H3,(H5-,14,15,16,21,22,23,24,25,26,27)/p+1/t6-,8?,9+,12-/m1/s1. The Morgan fingerprint density at radius 1 is 1.26 bits per heavy atom. The van der Waals surface area contributed by atoms with Gasteiger partial charge < -0.3 is 35.4 Å². The molecule has 1 aliphatic rings. The van der Waals surface area contributed by atoms with E-state index in [1.54, 1.807) is 0 Å². The molecule has 1 fully saturated rings. The van der Waals surface area contributed by atoms with Crippen LogP contribution in [-0.2, 0) is 38.6 Å². The fraction of sp³-hybridized carbons (Fsp3) is 0.462. The van der Waals surface area contributed by atoms with Crippen LogP contribution in [0.5, 0.6) is 0 Å². The van der Waals surface area contributed by atoms with Crippen LogP contribution in [0.1, 0.15) is 6.23 Å². The van der Waals surface area contributed by atoms with Crippen LogP contribution in [0.3, 0.4) is 0 Å². The van der Waals surface area contributed by atoms with E-state index in [1.165, 1.54) is 22.5 Å². The average Bonchev–Trinajstić information content (AvgIpc) is 3.15. The number of aromatic nitrogens is 4. The second-order valence-electron chi connectivity index (χ2n) is 6.85. The van der Waals surface area contributed by atoms with E-state index in [9.17, 15) is 38.5 Å². The lowest BCUT2D eigenvalue weighted by molar-refractivity contribution is -0.745. The Hall–Kier alpha value is -1.96. The number of aromatic amines is 1. The molecule has 3 rings (SSSR count). The van der Waals surface area contributed by atoms with E-state index in [0.29, 0.717) is 0 Å². The highest BCUT2D eigenvalue weighted by atomic mass is 31.3. The van der Waals surface area contributed by atoms with E-state index < -0.39 is 59.9 Å². The maximum atomic E-state index is 12.1. The Kier molecular flexibility index (Phi) is 7.25. The molecule has 8 N–H and O–H groups in total. The zero-order valence-corrected chi connectivity index (χ0v) is 19.6. The quantitative estimate of drug-likeness (QED) is 0.105. The molecule has 4 unspecified atom stereocenters. The molecule has 2 aromatic heterocycles. The summed E-state index contributed by atoms with van der Waals surface area (Å²) >= 11 is 0. The number of ether oxygens (including phenoxy) is 1. The van der Waals surface area contributed by atoms with Gasteiger partial charge in [-0.05, 0) is 0 Å². The third-order valence-corrected chi connectivity index (χ3v) is 8.55. The van der Waals surface area contributed by atoms with Gasteiger partial charge in [0.05, 0.1) is 13.7 Å². The highest BCUT2D eigenvalue weighted by Gasteiger charge is 2.48. The van der Waals surface area contributed by atoms with E-state index in [-0.39, 0.29) is 17.1 Å². The highest BCUT2D eigenvalue weighted by Crippen LogP contribution is 2.67. The van der Waals surface area contributed by atoms with Gasteiger partial charge in [-0.2, -0.15) is 8.62 Å². The number of phosphoric ester groups is 1. The third-order valence-electron chi connectivity index (χ3n) is 4.39. The molecule has 0 aliphatic carbocycles. The minimum atomic E-state index is -5.64. The first-order valence-electron chi connectivity index (χ1n) is 8.87. The summed E-state index contributed by atoms with van der Waals surface area (Å²) in [6.45, 7) is -0.976. The number of H-pyrrole nitrogens is 1. The Balaban J connectivity index is 1.75. The molecule has 3 heterocycles. The van der Waals surface area contributed by atoms with Crippen molar-refractivity contribution >= 4 is 40.4 Å². The summed E-state index contributed by atoms with van der Waals surface area (Å²) in [6, 6.07) is 0. The summed E-state index contributed by atoms with van der Waals surface area (Å²) in [5, 5.41) is 20.7. The average molecular weight is 546 g/mol. The summed E-state index contributed by atoms with van der Waals surface area (Å²) in [6.07, 6.45) is -0.316. The Bertz CT molecular complexity index is 1350. The number of nitrogen functional groups attached to an aromatic ring is 1. The first-order valence-corrected chi connectivity index (χ1v) is 13.4. The van der Waals surface area contributed by atoms with Gasteiger partial charge in [-0.25, -0.2) is 18.3 Å². The zero-order chi connectivity index (χ0) is 25.6. The number of nitrogens with zero attached hydrogens (tertiary/aromatic N) is 3. The lowest BCUT2D eigenvalue weighted by atomic mass is 10.1. The first-order chi connectivity index (χ1) is 15.6. The predicted molar refractivity (Wildman–Crippen MR) is 108 cm³/mol. The zero-order valence-electron chi connectivity index (χ0n) is 16.9. The first kappa shape index (κ1) is 26.6. The number of hydrogen-bond donors (Lipinski definition) is 7. The number of phosphoric acid groups is 2. The van der Waals surface area contributed by atoms with Gasteiger partial charge >= 0.3 is 28.9 Å². The van der Waals surface area contributed by atoms with Gasteiger partial charge in [-0.1, -0.05) is 4.98 Å². The Morgan fingerprint density at radius 2 is 1.91 bits per heavy atom. The number of nitrogens with two attached hydrogens (primary N) is 1. The molecule has 188 valence electrons. The molecular formula is C13H19N5O13P3+. The number of rotatable bonds is 8. The van der Waals surface area contributed by atoms with Crippen molar-refractivity contribution in [2.24, 2.45) is 7.05 Å². The number of aliphatic hydroxyl groups excluding tert-OH is 2. The van der Waals surface area contributed by atoms with Crippen LogP contribution in [0.15, 0.2) is 11.1 Å². The lowest BCUT2D eigenvalue weighted by Gasteiger charge is -2.19. The Morgan fingerprint density at radius 3 is 2.53 bits per heavy atom. The molecule has 0 aromatic carbocycles. The monoisotopic (exact) mass is 546 g/mol. The fourth-order valence-electron chi connectivity index (χ4n) is 3.05. The fourth-order valence-corrected chi connectivity index (χ4v) is 6.31. The van der Waals surface area contributed by atoms with Crippen LogP contribution in [-0.4, -0.2) is 64.3 Å². The smallest absolute Gasteiger partial charge is 0.387 e. The number of hydrogen-bond acceptors (Lipinski definition) is 12. The molecule has 2 aromatic rings. The molecule has 0 spiro atoms. The SMILES string of the molecule is C#CP(=O)(O)OP(=O)(O)OP(=O)(O)OC[C@H]1O[C@@H]([n+]2cn(C)c3c(=O)[nH]c(N)nc32)[C@@H](O)C1O. The summed E-state index contributed by atoms with van der Waals surface area (Å²) in [7, 11) is -14.6. The van der Waals surface area contributed by atoms with Crippen molar-refractivity contribution in [3.63, 3.8) is 0 Å². The molecule has 7 atom stereocenters. The van der Waals surface area contributed by atoms with Gasteiger partial charge in [0.25, 0.3) is 11.5 Å². The van der Waals surface area contributed by atoms with Crippen molar-refractivity contribution in [1.29, 1.82) is 0 Å². The van der Waals surface area contributed by atoms with E-state index in [1.807, 2.05) is 0 Å². The molecule has 1 saturated heterocycles. The third kappa shape index (κ3) is 5.64. The van der Waals surface area contributed by atoms with Crippen molar-refractivity contribution in [3.05, 3.63) is 16.7 Å². The number of anilines is 1. The molecule has 18 nitrogen and oxygen atoms in total. The number of imidazole rings is 1. The number of aryl methyl sites for hydroxylation is 1. The lowest BCUT2D eigenvalue weighted by Crippen LogP contribution is -2.46. The van der Waals surface area contributed by atoms with Gasteiger partial charge in [-0.15, -0.1) is 6.42 Å². The van der Waals surface area contributed by atoms with Gasteiger partial charge in [0.1, 0.15) is 18.3 Å². The van der Waals surface area contributed by atoms with Crippen LogP contribution in [0.4, 0.5) is 5.95 Å². The summed E-state index contributed by atoms with van der Waals surface area (Å²) < 4.78 is 54.9. The molecular weight excluding hydrogens is 527 g/mol. The van der Waals surface area contributed by atoms with Crippen LogP contribution < -0.4 is 15.9 Å². The normalized spacial score (nSPS) is 28.1. The highest BCUT2D eigenvalue weighted by molar-refractivity contribution is 7.70. The minimum absolute atomic E-state index is 0.0157. The maximum Gasteiger partial charge on any atom is 0.489 e. The number of nitrogens with one attached hydrogen (secondary N) is 1. The van der Waals surface area contributed by atoms with Gasteiger partial charge in [0, 0.05) is 5.66 Å². The largest absolute Gasteiger partial charge is 0.489 e. The van der Waals surface area contributed by atoms with E-state index in [0.717, 1.165) is 5.66 Å². The topological polar surface area (TPSA) is 270 Å². The van der Waals surface area contributed by atoms with Crippen molar-refractivity contribution in [2.75, 3.05) is 12.3 Å². The van der Waals surface area contributed by atoms with Gasteiger partial charge in [-0.3, -0.25) is 18.9 Å². The van der Waals surface area contributed by atoms with Crippen LogP contribution >= 0.6 is 23.2 Å². The van der Waals surface area contributed by atoms with Crippen molar-refractivity contribution in [1.82, 2.24) is 14.5 Å². The predicted octanol–water partition coefficient (Wildman–Crippen LogP) is -2.22. The van der Waals surface area contributed by atoms with Crippen LogP contribution in [0.2, 0.25) is 0 Å². The van der Waals surface area contributed by atoms with Crippen molar-refractivity contribution in [3.8, 4) is 12.1 Å². The molecule has 0 saturated carbocycles. The summed E-state index contributed by atoms with van der Waals surface area (Å²) in [4.78, 5) is 46.4. The van der Waals surface area contributed by atoms with Crippen molar-refractivity contribution in [2.45, 2.75) is 24.5 Å². The molecule has 34 heavy (non-hydrogen) atoms. The van der Waals surface area contributed by atoms with Crippen molar-refractivity contribution < 1.29 is 61.0 Å². The second-order valence-corrected chi connectivity index (χ2v) is 11.6. The van der Waals surface area contributed by atoms with Gasteiger partial charge in [0.2, 0.25) is 11.7 Å². The second kappa shape index (κ2) is 9.25. The maximum absolute atomic E-state index is 12.1. The number of terminal acetylenes is 1. The summed E-state index contributed by atoms with van der Waals surface area (Å²) in [5.74, 6) is -0.239. The molecule has 0 bridgehead atoms.